The van der Waals surface area contributed by atoms with E-state index in [1.165, 1.54) is 4.57 Å². The van der Waals surface area contributed by atoms with Crippen LogP contribution in [-0.2, 0) is 23.1 Å². The summed E-state index contributed by atoms with van der Waals surface area (Å²) in [7, 11) is 1.70. The number of anilines is 4. The normalized spacial score (nSPS) is 16.2. The molecule has 1 aromatic carbocycles. The van der Waals surface area contributed by atoms with Gasteiger partial charge in [-0.2, -0.15) is 0 Å². The minimum atomic E-state index is -0.808. The highest BCUT2D eigenvalue weighted by Gasteiger charge is 2.34. The molecule has 0 radical (unpaired) electrons. The molecule has 0 atom stereocenters. The second kappa shape index (κ2) is 10.8. The van der Waals surface area contributed by atoms with Crippen LogP contribution in [0.4, 0.5) is 31.7 Å². The number of hydrogen-bond donors (Lipinski definition) is 2. The molecular formula is C31H33F2N7O3. The number of benzene rings is 1. The average Bonchev–Trinajstić information content (AvgIpc) is 3.34. The van der Waals surface area contributed by atoms with Crippen molar-refractivity contribution in [1.29, 1.82) is 0 Å². The summed E-state index contributed by atoms with van der Waals surface area (Å²) in [6.07, 6.45) is 6.37. The third kappa shape index (κ3) is 4.65. The van der Waals surface area contributed by atoms with Crippen LogP contribution in [0.25, 0.3) is 22.0 Å². The molecule has 0 aliphatic carbocycles. The van der Waals surface area contributed by atoms with E-state index in [9.17, 15) is 14.0 Å². The summed E-state index contributed by atoms with van der Waals surface area (Å²) in [6, 6.07) is 4.78. The summed E-state index contributed by atoms with van der Waals surface area (Å²) in [4.78, 5) is 39.8. The first-order valence-electron chi connectivity index (χ1n) is 14.6. The Labute approximate surface area is 246 Å². The number of pyridine rings is 2. The van der Waals surface area contributed by atoms with Crippen molar-refractivity contribution in [2.24, 2.45) is 18.7 Å². The van der Waals surface area contributed by atoms with Gasteiger partial charge < -0.3 is 34.7 Å². The van der Waals surface area contributed by atoms with E-state index in [0.717, 1.165) is 58.7 Å². The standard InChI is InChI=1S/C31H33F2N7O3/c1-37-15-22-21-9-25-26(39(27(41)4-2-3-5-34)7-6-38(25)13-18-16-43-17-18)10-24(21)40(30-23(33)8-20(32)12-36-30)14-19-11-35-29(28(19)22)31(37)42/h8-12,15,18,35H,2-7,13-14,16-17,34H2,1H3. The van der Waals surface area contributed by atoms with Crippen LogP contribution in [0, 0.1) is 17.6 Å². The number of aryl methyl sites for hydroxylation is 1. The maximum atomic E-state index is 15.4. The van der Waals surface area contributed by atoms with Crippen molar-refractivity contribution < 1.29 is 18.3 Å². The number of rotatable bonds is 7. The number of aromatic nitrogens is 3. The summed E-state index contributed by atoms with van der Waals surface area (Å²) in [5.41, 5.74) is 10.5. The number of carbonyl (C=O) groups is 1. The van der Waals surface area contributed by atoms with Crippen LogP contribution in [0.5, 0.6) is 0 Å². The van der Waals surface area contributed by atoms with E-state index in [2.05, 4.69) is 14.9 Å². The van der Waals surface area contributed by atoms with Gasteiger partial charge in [0.15, 0.2) is 11.6 Å². The minimum Gasteiger partial charge on any atom is -0.381 e. The van der Waals surface area contributed by atoms with Crippen molar-refractivity contribution >= 4 is 39.7 Å². The molecule has 224 valence electrons. The fraction of sp³-hybridized carbons (Fsp3) is 0.387. The molecule has 43 heavy (non-hydrogen) atoms. The Morgan fingerprint density at radius 2 is 1.95 bits per heavy atom. The summed E-state index contributed by atoms with van der Waals surface area (Å²) in [5.74, 6) is -1.24. The lowest BCUT2D eigenvalue weighted by atomic mass is 9.97. The van der Waals surface area contributed by atoms with Crippen LogP contribution in [0.3, 0.4) is 0 Å². The van der Waals surface area contributed by atoms with E-state index < -0.39 is 11.6 Å². The lowest BCUT2D eigenvalue weighted by Crippen LogP contribution is -2.48. The molecule has 12 heteroatoms. The Morgan fingerprint density at radius 1 is 1.12 bits per heavy atom. The number of hydrogen-bond acceptors (Lipinski definition) is 7. The van der Waals surface area contributed by atoms with Crippen molar-refractivity contribution in [2.75, 3.05) is 54.1 Å². The highest BCUT2D eigenvalue weighted by Crippen LogP contribution is 2.49. The number of halogens is 2. The molecule has 10 nitrogen and oxygen atoms in total. The summed E-state index contributed by atoms with van der Waals surface area (Å²) < 4.78 is 36.4. The molecule has 1 amide bonds. The average molecular weight is 590 g/mol. The number of ether oxygens (including phenoxy) is 1. The van der Waals surface area contributed by atoms with Gasteiger partial charge in [-0.05, 0) is 37.1 Å². The van der Waals surface area contributed by atoms with Gasteiger partial charge in [0, 0.05) is 74.0 Å². The zero-order valence-electron chi connectivity index (χ0n) is 23.9. The smallest absolute Gasteiger partial charge is 0.274 e. The van der Waals surface area contributed by atoms with E-state index in [4.69, 9.17) is 10.5 Å². The topological polar surface area (TPSA) is 113 Å². The van der Waals surface area contributed by atoms with Crippen LogP contribution in [0.1, 0.15) is 24.8 Å². The molecule has 3 aromatic heterocycles. The summed E-state index contributed by atoms with van der Waals surface area (Å²) >= 11 is 0. The van der Waals surface area contributed by atoms with Gasteiger partial charge in [0.05, 0.1) is 43.0 Å². The van der Waals surface area contributed by atoms with Crippen LogP contribution in [-0.4, -0.2) is 59.8 Å². The number of nitrogens with one attached hydrogen (secondary N) is 1. The quantitative estimate of drug-likeness (QED) is 0.316. The molecule has 7 rings (SSSR count). The summed E-state index contributed by atoms with van der Waals surface area (Å²) in [5, 5.41) is 0.749. The van der Waals surface area contributed by atoms with Crippen LogP contribution >= 0.6 is 0 Å². The Hall–Kier alpha value is -4.29. The second-order valence-corrected chi connectivity index (χ2v) is 11.6. The molecule has 3 aliphatic rings. The first-order valence-corrected chi connectivity index (χ1v) is 14.6. The highest BCUT2D eigenvalue weighted by atomic mass is 19.1. The first-order chi connectivity index (χ1) is 20.8. The van der Waals surface area contributed by atoms with Crippen LogP contribution in [0.15, 0.2) is 41.6 Å². The minimum absolute atomic E-state index is 0.00326. The molecule has 0 saturated carbocycles. The lowest BCUT2D eigenvalue weighted by molar-refractivity contribution is -0.118. The van der Waals surface area contributed by atoms with Gasteiger partial charge >= 0.3 is 0 Å². The van der Waals surface area contributed by atoms with Gasteiger partial charge in [-0.3, -0.25) is 9.59 Å². The predicted octanol–water partition coefficient (Wildman–Crippen LogP) is 3.79. The molecule has 0 bridgehead atoms. The third-order valence-corrected chi connectivity index (χ3v) is 8.69. The van der Waals surface area contributed by atoms with Crippen LogP contribution < -0.4 is 26.0 Å². The second-order valence-electron chi connectivity index (χ2n) is 11.6. The fourth-order valence-corrected chi connectivity index (χ4v) is 6.45. The number of amides is 1. The largest absolute Gasteiger partial charge is 0.381 e. The van der Waals surface area contributed by atoms with Crippen molar-refractivity contribution in [3.8, 4) is 11.1 Å². The maximum Gasteiger partial charge on any atom is 0.274 e. The molecule has 1 fully saturated rings. The number of fused-ring (bicyclic) bond motifs is 3. The fourth-order valence-electron chi connectivity index (χ4n) is 6.45. The number of nitrogens with zero attached hydrogens (tertiary/aromatic N) is 5. The van der Waals surface area contributed by atoms with E-state index >= 15 is 4.39 Å². The van der Waals surface area contributed by atoms with E-state index in [1.54, 1.807) is 24.3 Å². The van der Waals surface area contributed by atoms with Crippen molar-refractivity contribution in [2.45, 2.75) is 25.8 Å². The van der Waals surface area contributed by atoms with Gasteiger partial charge in [-0.25, -0.2) is 13.8 Å². The number of unbranched alkanes of at least 4 members (excludes halogenated alkanes) is 1. The highest BCUT2D eigenvalue weighted by molar-refractivity contribution is 6.06. The predicted molar refractivity (Wildman–Crippen MR) is 161 cm³/mol. The molecule has 6 heterocycles. The molecular weight excluding hydrogens is 556 g/mol. The van der Waals surface area contributed by atoms with E-state index in [1.807, 2.05) is 17.0 Å². The van der Waals surface area contributed by atoms with Gasteiger partial charge in [-0.15, -0.1) is 0 Å². The van der Waals surface area contributed by atoms with Crippen LogP contribution in [0.2, 0.25) is 0 Å². The van der Waals surface area contributed by atoms with E-state index in [-0.39, 0.29) is 23.8 Å². The molecule has 3 aliphatic heterocycles. The number of H-pyrrole nitrogens is 1. The zero-order chi connectivity index (χ0) is 29.8. The molecule has 0 spiro atoms. The van der Waals surface area contributed by atoms with E-state index in [0.29, 0.717) is 62.8 Å². The Kier molecular flexibility index (Phi) is 6.89. The van der Waals surface area contributed by atoms with Crippen molar-refractivity contribution in [3.63, 3.8) is 0 Å². The Morgan fingerprint density at radius 3 is 2.70 bits per heavy atom. The number of nitrogens with two attached hydrogens (primary N) is 1. The monoisotopic (exact) mass is 589 g/mol. The van der Waals surface area contributed by atoms with Crippen molar-refractivity contribution in [3.05, 3.63) is 64.3 Å². The zero-order valence-corrected chi connectivity index (χ0v) is 23.9. The maximum absolute atomic E-state index is 15.4. The van der Waals surface area contributed by atoms with Gasteiger partial charge in [0.2, 0.25) is 5.91 Å². The Balaban J connectivity index is 1.46. The third-order valence-electron chi connectivity index (χ3n) is 8.69. The number of carbonyl (C=O) groups excluding carboxylic acids is 1. The lowest BCUT2D eigenvalue weighted by Gasteiger charge is -2.42. The van der Waals surface area contributed by atoms with Crippen molar-refractivity contribution in [1.82, 2.24) is 14.5 Å². The molecule has 0 unspecified atom stereocenters. The number of aromatic amines is 1. The molecule has 4 aromatic rings. The van der Waals surface area contributed by atoms with Gasteiger partial charge in [0.1, 0.15) is 11.3 Å². The molecule has 3 N–H and O–H groups in total. The SMILES string of the molecule is Cn1cc2c3c(c[nH]c3c1=O)CN(c1ncc(F)cc1F)c1cc3c(cc1-2)N(CC1COC1)CCN3C(=O)CCCCN. The Bertz CT molecular complexity index is 1800. The molecule has 1 saturated heterocycles. The van der Waals surface area contributed by atoms with Gasteiger partial charge in [0.25, 0.3) is 5.56 Å². The van der Waals surface area contributed by atoms with Gasteiger partial charge in [-0.1, -0.05) is 0 Å². The first kappa shape index (κ1) is 27.5. The summed E-state index contributed by atoms with van der Waals surface area (Å²) in [6.45, 7) is 4.02.